The molecule has 124 valence electrons. The number of aromatic nitrogens is 2. The predicted molar refractivity (Wildman–Crippen MR) is 92.9 cm³/mol. The number of nitrogens with zero attached hydrogens (tertiary/aromatic N) is 4. The Morgan fingerprint density at radius 3 is 2.33 bits per heavy atom. The van der Waals surface area contributed by atoms with Crippen LogP contribution in [-0.2, 0) is 0 Å². The summed E-state index contributed by atoms with van der Waals surface area (Å²) in [6, 6.07) is 12.7. The number of piperidine rings is 1. The number of rotatable bonds is 4. The van der Waals surface area contributed by atoms with Crippen LogP contribution in [0.25, 0.3) is 0 Å². The Hall–Kier alpha value is -2.43. The Balaban J connectivity index is 1.43. The molecule has 5 nitrogen and oxygen atoms in total. The van der Waals surface area contributed by atoms with Crippen LogP contribution in [0.3, 0.4) is 0 Å². The van der Waals surface area contributed by atoms with Crippen LogP contribution < -0.4 is 4.90 Å². The highest BCUT2D eigenvalue weighted by molar-refractivity contribution is 5.94. The van der Waals surface area contributed by atoms with E-state index in [-0.39, 0.29) is 5.91 Å². The van der Waals surface area contributed by atoms with E-state index < -0.39 is 0 Å². The number of hydrogen-bond donors (Lipinski definition) is 0. The van der Waals surface area contributed by atoms with E-state index in [1.165, 1.54) is 12.8 Å². The smallest absolute Gasteiger partial charge is 0.253 e. The lowest BCUT2D eigenvalue weighted by Gasteiger charge is -2.39. The van der Waals surface area contributed by atoms with Crippen molar-refractivity contribution < 1.29 is 4.79 Å². The fourth-order valence-electron chi connectivity index (χ4n) is 3.57. The molecule has 2 fully saturated rings. The molecule has 2 aromatic rings. The third-order valence-electron chi connectivity index (χ3n) is 4.94. The summed E-state index contributed by atoms with van der Waals surface area (Å²) in [7, 11) is 0. The fourth-order valence-corrected chi connectivity index (χ4v) is 3.57. The SMILES string of the molecule is O=C(c1ccccc1)N1CCC(N(c2ccncn2)C2CC2)CC1. The number of anilines is 1. The highest BCUT2D eigenvalue weighted by Crippen LogP contribution is 2.35. The van der Waals surface area contributed by atoms with Crippen LogP contribution in [0.1, 0.15) is 36.0 Å². The minimum absolute atomic E-state index is 0.147. The van der Waals surface area contributed by atoms with Gasteiger partial charge in [-0.15, -0.1) is 0 Å². The second kappa shape index (κ2) is 6.59. The molecule has 1 aliphatic carbocycles. The highest BCUT2D eigenvalue weighted by atomic mass is 16.2. The van der Waals surface area contributed by atoms with E-state index in [0.717, 1.165) is 37.3 Å². The first-order valence-corrected chi connectivity index (χ1v) is 8.71. The third-order valence-corrected chi connectivity index (χ3v) is 4.94. The van der Waals surface area contributed by atoms with Gasteiger partial charge in [-0.05, 0) is 43.9 Å². The van der Waals surface area contributed by atoms with Crippen molar-refractivity contribution in [2.45, 2.75) is 37.8 Å². The largest absolute Gasteiger partial charge is 0.350 e. The molecule has 0 N–H and O–H groups in total. The molecule has 5 heteroatoms. The Morgan fingerprint density at radius 1 is 1.00 bits per heavy atom. The van der Waals surface area contributed by atoms with Gasteiger partial charge in [0.1, 0.15) is 12.1 Å². The standard InChI is InChI=1S/C19H22N4O/c24-19(15-4-2-1-3-5-15)22-12-9-17(10-13-22)23(16-6-7-16)18-8-11-20-14-21-18/h1-5,8,11,14,16-17H,6-7,9-10,12-13H2. The third kappa shape index (κ3) is 3.11. The summed E-state index contributed by atoms with van der Waals surface area (Å²) < 4.78 is 0. The molecule has 1 amide bonds. The van der Waals surface area contributed by atoms with E-state index >= 15 is 0 Å². The lowest BCUT2D eigenvalue weighted by molar-refractivity contribution is 0.0712. The lowest BCUT2D eigenvalue weighted by atomic mass is 10.0. The van der Waals surface area contributed by atoms with Crippen molar-refractivity contribution in [3.63, 3.8) is 0 Å². The maximum Gasteiger partial charge on any atom is 0.253 e. The summed E-state index contributed by atoms with van der Waals surface area (Å²) in [6.07, 6.45) is 7.92. The van der Waals surface area contributed by atoms with Gasteiger partial charge >= 0.3 is 0 Å². The zero-order chi connectivity index (χ0) is 16.4. The molecule has 0 radical (unpaired) electrons. The Kier molecular flexibility index (Phi) is 4.15. The van der Waals surface area contributed by atoms with Crippen molar-refractivity contribution >= 4 is 11.7 Å². The Morgan fingerprint density at radius 2 is 1.71 bits per heavy atom. The molecular weight excluding hydrogens is 300 g/mol. The molecule has 24 heavy (non-hydrogen) atoms. The van der Waals surface area contributed by atoms with Crippen molar-refractivity contribution in [2.24, 2.45) is 0 Å². The van der Waals surface area contributed by atoms with Crippen LogP contribution in [0, 0.1) is 0 Å². The van der Waals surface area contributed by atoms with E-state index in [9.17, 15) is 4.79 Å². The molecule has 2 heterocycles. The minimum Gasteiger partial charge on any atom is -0.350 e. The molecule has 0 atom stereocenters. The average Bonchev–Trinajstić information content (AvgIpc) is 3.49. The first-order chi connectivity index (χ1) is 11.8. The number of hydrogen-bond acceptors (Lipinski definition) is 4. The van der Waals surface area contributed by atoms with Gasteiger partial charge in [-0.1, -0.05) is 18.2 Å². The van der Waals surface area contributed by atoms with Crippen LogP contribution >= 0.6 is 0 Å². The van der Waals surface area contributed by atoms with Gasteiger partial charge in [0.25, 0.3) is 5.91 Å². The van der Waals surface area contributed by atoms with E-state index in [4.69, 9.17) is 0 Å². The molecule has 4 rings (SSSR count). The van der Waals surface area contributed by atoms with Crippen LogP contribution in [0.4, 0.5) is 5.82 Å². The summed E-state index contributed by atoms with van der Waals surface area (Å²) in [6.45, 7) is 1.62. The van der Waals surface area contributed by atoms with E-state index in [0.29, 0.717) is 12.1 Å². The van der Waals surface area contributed by atoms with Gasteiger partial charge < -0.3 is 9.80 Å². The quantitative estimate of drug-likeness (QED) is 0.868. The van der Waals surface area contributed by atoms with Crippen LogP contribution in [0.15, 0.2) is 48.9 Å². The molecule has 1 aromatic heterocycles. The minimum atomic E-state index is 0.147. The molecule has 1 aliphatic heterocycles. The zero-order valence-electron chi connectivity index (χ0n) is 13.7. The molecule has 2 aliphatic rings. The number of carbonyl (C=O) groups excluding carboxylic acids is 1. The second-order valence-electron chi connectivity index (χ2n) is 6.60. The second-order valence-corrected chi connectivity index (χ2v) is 6.60. The normalized spacial score (nSPS) is 18.4. The van der Waals surface area contributed by atoms with Crippen molar-refractivity contribution in [3.8, 4) is 0 Å². The van der Waals surface area contributed by atoms with Gasteiger partial charge in [-0.25, -0.2) is 9.97 Å². The summed E-state index contributed by atoms with van der Waals surface area (Å²) in [5, 5.41) is 0. The number of benzene rings is 1. The molecule has 1 saturated heterocycles. The molecular formula is C19H22N4O. The summed E-state index contributed by atoms with van der Waals surface area (Å²) in [4.78, 5) is 25.5. The van der Waals surface area contributed by atoms with E-state index in [2.05, 4.69) is 14.9 Å². The van der Waals surface area contributed by atoms with Crippen LogP contribution in [-0.4, -0.2) is 45.9 Å². The van der Waals surface area contributed by atoms with Crippen molar-refractivity contribution in [2.75, 3.05) is 18.0 Å². The van der Waals surface area contributed by atoms with Gasteiger partial charge in [-0.3, -0.25) is 4.79 Å². The first-order valence-electron chi connectivity index (χ1n) is 8.71. The van der Waals surface area contributed by atoms with Gasteiger partial charge in [0.15, 0.2) is 0 Å². The van der Waals surface area contributed by atoms with Gasteiger partial charge in [0.2, 0.25) is 0 Å². The molecule has 0 unspecified atom stereocenters. The van der Waals surface area contributed by atoms with E-state index in [1.807, 2.05) is 47.5 Å². The summed E-state index contributed by atoms with van der Waals surface area (Å²) >= 11 is 0. The maximum absolute atomic E-state index is 12.6. The molecule has 0 spiro atoms. The highest BCUT2D eigenvalue weighted by Gasteiger charge is 2.37. The number of amides is 1. The fraction of sp³-hybridized carbons (Fsp3) is 0.421. The van der Waals surface area contributed by atoms with Crippen LogP contribution in [0.5, 0.6) is 0 Å². The number of carbonyl (C=O) groups is 1. The number of likely N-dealkylation sites (tertiary alicyclic amines) is 1. The predicted octanol–water partition coefficient (Wildman–Crippen LogP) is 2.75. The van der Waals surface area contributed by atoms with Gasteiger partial charge in [-0.2, -0.15) is 0 Å². The lowest BCUT2D eigenvalue weighted by Crippen LogP contribution is -2.48. The average molecular weight is 322 g/mol. The molecule has 1 saturated carbocycles. The molecule has 1 aromatic carbocycles. The maximum atomic E-state index is 12.6. The van der Waals surface area contributed by atoms with E-state index in [1.54, 1.807) is 6.33 Å². The molecule has 0 bridgehead atoms. The van der Waals surface area contributed by atoms with Crippen molar-refractivity contribution in [3.05, 3.63) is 54.5 Å². The monoisotopic (exact) mass is 322 g/mol. The summed E-state index contributed by atoms with van der Waals surface area (Å²) in [5.74, 6) is 1.18. The Labute approximate surface area is 142 Å². The zero-order valence-corrected chi connectivity index (χ0v) is 13.7. The van der Waals surface area contributed by atoms with Gasteiger partial charge in [0, 0.05) is 36.9 Å². The first kappa shape index (κ1) is 15.1. The topological polar surface area (TPSA) is 49.3 Å². The van der Waals surface area contributed by atoms with Crippen molar-refractivity contribution in [1.29, 1.82) is 0 Å². The summed E-state index contributed by atoms with van der Waals surface area (Å²) in [5.41, 5.74) is 0.783. The van der Waals surface area contributed by atoms with Crippen LogP contribution in [0.2, 0.25) is 0 Å². The Bertz CT molecular complexity index is 679. The van der Waals surface area contributed by atoms with Crippen molar-refractivity contribution in [1.82, 2.24) is 14.9 Å². The van der Waals surface area contributed by atoms with Gasteiger partial charge in [0.05, 0.1) is 0 Å².